The zero-order valence-electron chi connectivity index (χ0n) is 9.51. The van der Waals surface area contributed by atoms with Crippen LogP contribution in [-0.2, 0) is 6.54 Å². The Hall–Kier alpha value is -1.67. The number of quaternary nitrogens is 1. The van der Waals surface area contributed by atoms with Gasteiger partial charge >= 0.3 is 0 Å². The lowest BCUT2D eigenvalue weighted by Gasteiger charge is -2.10. The molecular formula is C14H17N2+. The molecule has 0 unspecified atom stereocenters. The topological polar surface area (TPSA) is 29.5 Å². The van der Waals surface area contributed by atoms with Crippen molar-refractivity contribution in [1.82, 2.24) is 4.98 Å². The average Bonchev–Trinajstić information content (AvgIpc) is 2.38. The van der Waals surface area contributed by atoms with Crippen LogP contribution in [0.1, 0.15) is 24.1 Å². The molecule has 0 amide bonds. The third kappa shape index (κ3) is 2.91. The van der Waals surface area contributed by atoms with Gasteiger partial charge in [-0.1, -0.05) is 30.3 Å². The maximum absolute atomic E-state index is 4.02. The van der Waals surface area contributed by atoms with Crippen molar-refractivity contribution < 1.29 is 5.32 Å². The lowest BCUT2D eigenvalue weighted by molar-refractivity contribution is -0.707. The normalized spacial score (nSPS) is 12.3. The van der Waals surface area contributed by atoms with Crippen molar-refractivity contribution in [1.29, 1.82) is 0 Å². The summed E-state index contributed by atoms with van der Waals surface area (Å²) in [5.74, 6) is 0. The Balaban J connectivity index is 1.92. The van der Waals surface area contributed by atoms with Gasteiger partial charge in [-0.2, -0.15) is 0 Å². The van der Waals surface area contributed by atoms with Gasteiger partial charge in [0.25, 0.3) is 0 Å². The van der Waals surface area contributed by atoms with Crippen molar-refractivity contribution in [2.24, 2.45) is 0 Å². The Kier molecular flexibility index (Phi) is 3.67. The van der Waals surface area contributed by atoms with Crippen molar-refractivity contribution >= 4 is 0 Å². The minimum absolute atomic E-state index is 0.495. The summed E-state index contributed by atoms with van der Waals surface area (Å²) in [5, 5.41) is 2.34. The summed E-state index contributed by atoms with van der Waals surface area (Å²) < 4.78 is 0. The molecule has 1 heterocycles. The lowest BCUT2D eigenvalue weighted by atomic mass is 10.1. The zero-order chi connectivity index (χ0) is 11.2. The third-order valence-electron chi connectivity index (χ3n) is 2.78. The largest absolute Gasteiger partial charge is 0.337 e. The monoisotopic (exact) mass is 213 g/mol. The number of hydrogen-bond acceptors (Lipinski definition) is 1. The van der Waals surface area contributed by atoms with Gasteiger partial charge in [-0.3, -0.25) is 4.98 Å². The maximum atomic E-state index is 4.02. The number of aromatic nitrogens is 1. The van der Waals surface area contributed by atoms with Crippen molar-refractivity contribution in [3.05, 3.63) is 66.0 Å². The van der Waals surface area contributed by atoms with Crippen LogP contribution >= 0.6 is 0 Å². The van der Waals surface area contributed by atoms with Gasteiger partial charge in [0.1, 0.15) is 12.6 Å². The van der Waals surface area contributed by atoms with Crippen molar-refractivity contribution in [3.63, 3.8) is 0 Å². The van der Waals surface area contributed by atoms with Crippen LogP contribution in [0.5, 0.6) is 0 Å². The predicted molar refractivity (Wildman–Crippen MR) is 64.7 cm³/mol. The number of benzene rings is 1. The molecule has 0 saturated carbocycles. The molecule has 1 atom stereocenters. The van der Waals surface area contributed by atoms with Gasteiger partial charge in [0, 0.05) is 23.5 Å². The third-order valence-corrected chi connectivity index (χ3v) is 2.78. The summed E-state index contributed by atoms with van der Waals surface area (Å²) >= 11 is 0. The molecule has 0 fully saturated rings. The molecule has 0 aliphatic carbocycles. The van der Waals surface area contributed by atoms with Crippen molar-refractivity contribution in [3.8, 4) is 0 Å². The first-order valence-electron chi connectivity index (χ1n) is 5.63. The molecule has 2 N–H and O–H groups in total. The predicted octanol–water partition coefficient (Wildman–Crippen LogP) is 1.91. The van der Waals surface area contributed by atoms with E-state index in [4.69, 9.17) is 0 Å². The Labute approximate surface area is 96.4 Å². The van der Waals surface area contributed by atoms with E-state index in [1.165, 1.54) is 11.1 Å². The first kappa shape index (κ1) is 10.8. The van der Waals surface area contributed by atoms with Gasteiger partial charge in [0.15, 0.2) is 0 Å². The Morgan fingerprint density at radius 1 is 1.06 bits per heavy atom. The smallest absolute Gasteiger partial charge is 0.109 e. The molecule has 0 aliphatic rings. The Morgan fingerprint density at radius 3 is 2.44 bits per heavy atom. The molecule has 2 aromatic rings. The van der Waals surface area contributed by atoms with Gasteiger partial charge < -0.3 is 5.32 Å². The fourth-order valence-electron chi connectivity index (χ4n) is 1.72. The van der Waals surface area contributed by atoms with Crippen LogP contribution in [-0.4, -0.2) is 4.98 Å². The molecule has 0 aliphatic heterocycles. The van der Waals surface area contributed by atoms with E-state index in [1.807, 2.05) is 12.4 Å². The second-order valence-electron chi connectivity index (χ2n) is 3.99. The van der Waals surface area contributed by atoms with Crippen LogP contribution in [0.3, 0.4) is 0 Å². The maximum Gasteiger partial charge on any atom is 0.109 e. The molecule has 0 radical (unpaired) electrons. The van der Waals surface area contributed by atoms with Gasteiger partial charge in [0.05, 0.1) is 0 Å². The van der Waals surface area contributed by atoms with Crippen LogP contribution in [0.15, 0.2) is 54.9 Å². The van der Waals surface area contributed by atoms with E-state index in [-0.39, 0.29) is 0 Å². The first-order valence-corrected chi connectivity index (χ1v) is 5.63. The highest BCUT2D eigenvalue weighted by molar-refractivity contribution is 5.16. The van der Waals surface area contributed by atoms with Gasteiger partial charge in [-0.05, 0) is 19.1 Å². The molecule has 2 rings (SSSR count). The Morgan fingerprint density at radius 2 is 1.75 bits per heavy atom. The molecule has 1 aromatic carbocycles. The van der Waals surface area contributed by atoms with Gasteiger partial charge in [0.2, 0.25) is 0 Å². The minimum Gasteiger partial charge on any atom is -0.337 e. The molecule has 0 bridgehead atoms. The highest BCUT2D eigenvalue weighted by atomic mass is 14.9. The average molecular weight is 213 g/mol. The fraction of sp³-hybridized carbons (Fsp3) is 0.214. The fourth-order valence-corrected chi connectivity index (χ4v) is 1.72. The van der Waals surface area contributed by atoms with E-state index in [0.717, 1.165) is 6.54 Å². The van der Waals surface area contributed by atoms with Crippen LogP contribution in [0.2, 0.25) is 0 Å². The van der Waals surface area contributed by atoms with Crippen LogP contribution < -0.4 is 5.32 Å². The van der Waals surface area contributed by atoms with Crippen molar-refractivity contribution in [2.75, 3.05) is 0 Å². The molecule has 1 aromatic heterocycles. The zero-order valence-corrected chi connectivity index (χ0v) is 9.51. The molecule has 16 heavy (non-hydrogen) atoms. The highest BCUT2D eigenvalue weighted by Gasteiger charge is 2.06. The Bertz CT molecular complexity index is 411. The van der Waals surface area contributed by atoms with Gasteiger partial charge in [-0.15, -0.1) is 0 Å². The van der Waals surface area contributed by atoms with Crippen LogP contribution in [0.25, 0.3) is 0 Å². The minimum atomic E-state index is 0.495. The number of rotatable bonds is 4. The summed E-state index contributed by atoms with van der Waals surface area (Å²) in [5.41, 5.74) is 2.69. The molecule has 0 spiro atoms. The molecular weight excluding hydrogens is 196 g/mol. The van der Waals surface area contributed by atoms with Crippen molar-refractivity contribution in [2.45, 2.75) is 19.5 Å². The standard InChI is InChI=1S/C14H16N2/c1-12(14-5-3-2-4-6-14)16-11-13-7-9-15-10-8-13/h2-10,12,16H,11H2,1H3/p+1/t12-/m0/s1. The van der Waals surface area contributed by atoms with E-state index >= 15 is 0 Å². The molecule has 2 nitrogen and oxygen atoms in total. The summed E-state index contributed by atoms with van der Waals surface area (Å²) in [6.07, 6.45) is 3.69. The second kappa shape index (κ2) is 5.42. The van der Waals surface area contributed by atoms with Crippen LogP contribution in [0.4, 0.5) is 0 Å². The number of pyridine rings is 1. The van der Waals surface area contributed by atoms with E-state index < -0.39 is 0 Å². The SMILES string of the molecule is C[C@H]([NH2+]Cc1ccncc1)c1ccccc1. The number of nitrogens with two attached hydrogens (primary N) is 1. The quantitative estimate of drug-likeness (QED) is 0.826. The first-order chi connectivity index (χ1) is 7.86. The van der Waals surface area contributed by atoms with Gasteiger partial charge in [-0.25, -0.2) is 0 Å². The molecule has 82 valence electrons. The summed E-state index contributed by atoms with van der Waals surface area (Å²) in [4.78, 5) is 4.02. The second-order valence-corrected chi connectivity index (χ2v) is 3.99. The highest BCUT2D eigenvalue weighted by Crippen LogP contribution is 2.06. The summed E-state index contributed by atoms with van der Waals surface area (Å²) in [7, 11) is 0. The summed E-state index contributed by atoms with van der Waals surface area (Å²) in [6, 6.07) is 15.2. The van der Waals surface area contributed by atoms with Crippen LogP contribution in [0, 0.1) is 0 Å². The number of hydrogen-bond donors (Lipinski definition) is 1. The molecule has 0 saturated heterocycles. The molecule has 2 heteroatoms. The summed E-state index contributed by atoms with van der Waals surface area (Å²) in [6.45, 7) is 3.23. The lowest BCUT2D eigenvalue weighted by Crippen LogP contribution is -2.83. The van der Waals surface area contributed by atoms with E-state index in [9.17, 15) is 0 Å². The number of nitrogens with zero attached hydrogens (tertiary/aromatic N) is 1. The van der Waals surface area contributed by atoms with E-state index in [2.05, 4.69) is 59.7 Å². The van der Waals surface area contributed by atoms with E-state index in [0.29, 0.717) is 6.04 Å². The van der Waals surface area contributed by atoms with E-state index in [1.54, 1.807) is 0 Å².